The summed E-state index contributed by atoms with van der Waals surface area (Å²) in [6.07, 6.45) is 8.70. The van der Waals surface area contributed by atoms with E-state index in [1.807, 2.05) is 0 Å². The third-order valence-electron chi connectivity index (χ3n) is 15.2. The van der Waals surface area contributed by atoms with E-state index in [1.54, 1.807) is 5.56 Å². The smallest absolute Gasteiger partial charge is 0.0491 e. The summed E-state index contributed by atoms with van der Waals surface area (Å²) >= 11 is 0. The Kier molecular flexibility index (Phi) is 7.04. The van der Waals surface area contributed by atoms with E-state index < -0.39 is 0 Å². The fourth-order valence-corrected chi connectivity index (χ4v) is 12.8. The Labute approximate surface area is 328 Å². The Bertz CT molecular complexity index is 2530. The summed E-state index contributed by atoms with van der Waals surface area (Å²) in [5.41, 5.74) is 22.0. The Balaban J connectivity index is 1.03. The van der Waals surface area contributed by atoms with Gasteiger partial charge >= 0.3 is 0 Å². The summed E-state index contributed by atoms with van der Waals surface area (Å²) in [6.45, 7) is 14.2. The van der Waals surface area contributed by atoms with Gasteiger partial charge in [0.2, 0.25) is 0 Å². The van der Waals surface area contributed by atoms with Crippen LogP contribution in [0.5, 0.6) is 0 Å². The van der Waals surface area contributed by atoms with Gasteiger partial charge in [-0.15, -0.1) is 0 Å². The molecular weight excluding hydrogens is 663 g/mol. The summed E-state index contributed by atoms with van der Waals surface area (Å²) < 4.78 is 0. The maximum atomic E-state index is 2.67. The first-order valence-electron chi connectivity index (χ1n) is 21.0. The maximum absolute atomic E-state index is 2.67. The predicted octanol–water partition coefficient (Wildman–Crippen LogP) is 14.5. The molecule has 0 aromatic heterocycles. The lowest BCUT2D eigenvalue weighted by Gasteiger charge is -2.57. The normalized spacial score (nSPS) is 24.3. The van der Waals surface area contributed by atoms with Gasteiger partial charge in [0.25, 0.3) is 0 Å². The quantitative estimate of drug-likeness (QED) is 0.172. The molecule has 0 atom stereocenters. The minimum Gasteiger partial charge on any atom is -0.310 e. The Morgan fingerprint density at radius 2 is 1.02 bits per heavy atom. The Morgan fingerprint density at radius 3 is 1.64 bits per heavy atom. The van der Waals surface area contributed by atoms with E-state index >= 15 is 0 Å². The molecule has 0 amide bonds. The average molecular weight is 716 g/mol. The number of anilines is 3. The van der Waals surface area contributed by atoms with Crippen molar-refractivity contribution in [3.8, 4) is 33.4 Å². The van der Waals surface area contributed by atoms with Gasteiger partial charge in [-0.25, -0.2) is 0 Å². The molecule has 6 aliphatic carbocycles. The highest BCUT2D eigenvalue weighted by molar-refractivity contribution is 5.89. The van der Waals surface area contributed by atoms with Crippen LogP contribution in [0.25, 0.3) is 33.4 Å². The van der Waals surface area contributed by atoms with Crippen LogP contribution in [-0.4, -0.2) is 0 Å². The van der Waals surface area contributed by atoms with Gasteiger partial charge in [-0.1, -0.05) is 118 Å². The van der Waals surface area contributed by atoms with Crippen LogP contribution in [0.15, 0.2) is 121 Å². The van der Waals surface area contributed by atoms with Crippen molar-refractivity contribution in [1.82, 2.24) is 0 Å². The summed E-state index contributed by atoms with van der Waals surface area (Å²) in [6, 6.07) is 47.2. The number of benzene rings is 6. The van der Waals surface area contributed by atoms with Crippen molar-refractivity contribution in [2.24, 2.45) is 17.8 Å². The predicted molar refractivity (Wildman–Crippen MR) is 231 cm³/mol. The molecule has 6 aromatic carbocycles. The highest BCUT2D eigenvalue weighted by atomic mass is 15.1. The number of fused-ring (bicyclic) bond motifs is 6. The molecular formula is C54H53N. The summed E-state index contributed by atoms with van der Waals surface area (Å²) in [4.78, 5) is 2.54. The molecule has 0 unspecified atom stereocenters. The van der Waals surface area contributed by atoms with Crippen LogP contribution >= 0.6 is 0 Å². The molecule has 6 aromatic rings. The Hall–Kier alpha value is -4.88. The van der Waals surface area contributed by atoms with Gasteiger partial charge in [-0.05, 0) is 179 Å². The largest absolute Gasteiger partial charge is 0.310 e. The van der Waals surface area contributed by atoms with Crippen molar-refractivity contribution in [1.29, 1.82) is 0 Å². The van der Waals surface area contributed by atoms with Crippen molar-refractivity contribution < 1.29 is 0 Å². The van der Waals surface area contributed by atoms with Crippen LogP contribution in [0, 0.1) is 31.6 Å². The van der Waals surface area contributed by atoms with Crippen molar-refractivity contribution in [3.05, 3.63) is 160 Å². The van der Waals surface area contributed by atoms with Crippen molar-refractivity contribution >= 4 is 17.1 Å². The molecule has 4 bridgehead atoms. The van der Waals surface area contributed by atoms with E-state index in [0.29, 0.717) is 5.41 Å². The first-order chi connectivity index (χ1) is 26.5. The lowest BCUT2D eigenvalue weighted by Crippen LogP contribution is -2.48. The zero-order valence-electron chi connectivity index (χ0n) is 33.5. The van der Waals surface area contributed by atoms with E-state index in [4.69, 9.17) is 0 Å². The summed E-state index contributed by atoms with van der Waals surface area (Å²) in [5.74, 6) is 2.85. The molecule has 55 heavy (non-hydrogen) atoms. The molecule has 12 rings (SSSR count). The molecule has 4 saturated carbocycles. The topological polar surface area (TPSA) is 3.24 Å². The van der Waals surface area contributed by atoms with Crippen molar-refractivity contribution in [2.75, 3.05) is 4.90 Å². The van der Waals surface area contributed by atoms with Gasteiger partial charge in [0.15, 0.2) is 0 Å². The van der Waals surface area contributed by atoms with Crippen LogP contribution in [-0.2, 0) is 16.2 Å². The highest BCUT2D eigenvalue weighted by Crippen LogP contribution is 2.62. The zero-order chi connectivity index (χ0) is 37.4. The number of aryl methyl sites for hydroxylation is 2. The average Bonchev–Trinajstić information content (AvgIpc) is 3.54. The standard InChI is InChI=1S/C54H53N/c1-33-10-9-11-38(22-33)39-14-21-51(34(2)23-39)55(41-16-19-45-43-12-7-8-13-47(43)52(3,4)49(45)28-41)42-17-20-46-44-18-15-40(27-48(44)53(5,6)50(46)29-42)54-30-35-24-36(31-54)26-37(25-35)32-54/h7-23,27-29,35-37H,24-26,30-32H2,1-6H3. The van der Waals surface area contributed by atoms with Crippen LogP contribution < -0.4 is 4.90 Å². The second kappa shape index (κ2) is 11.6. The number of hydrogen-bond donors (Lipinski definition) is 0. The molecule has 274 valence electrons. The fourth-order valence-electron chi connectivity index (χ4n) is 12.8. The SMILES string of the molecule is Cc1cccc(-c2ccc(N(c3ccc4c(c3)C(C)(C)c3ccccc3-4)c3ccc4c(c3)C(C)(C)c3cc(C56CC7CC(CC(C7)C5)C6)ccc3-4)c(C)c2)c1. The molecule has 0 radical (unpaired) electrons. The zero-order valence-corrected chi connectivity index (χ0v) is 33.5. The van der Waals surface area contributed by atoms with Crippen molar-refractivity contribution in [3.63, 3.8) is 0 Å². The van der Waals surface area contributed by atoms with E-state index in [0.717, 1.165) is 17.8 Å². The van der Waals surface area contributed by atoms with Crippen LogP contribution in [0.3, 0.4) is 0 Å². The van der Waals surface area contributed by atoms with Gasteiger partial charge in [-0.2, -0.15) is 0 Å². The van der Waals surface area contributed by atoms with Crippen LogP contribution in [0.4, 0.5) is 17.1 Å². The fraction of sp³-hybridized carbons (Fsp3) is 0.333. The van der Waals surface area contributed by atoms with E-state index in [2.05, 4.69) is 168 Å². The second-order valence-corrected chi connectivity index (χ2v) is 19.4. The minimum atomic E-state index is -0.0870. The molecule has 0 heterocycles. The number of nitrogens with zero attached hydrogens (tertiary/aromatic N) is 1. The van der Waals surface area contributed by atoms with Gasteiger partial charge in [0.05, 0.1) is 0 Å². The molecule has 1 nitrogen and oxygen atoms in total. The Morgan fingerprint density at radius 1 is 0.473 bits per heavy atom. The summed E-state index contributed by atoms with van der Waals surface area (Å²) in [5, 5.41) is 0. The summed E-state index contributed by atoms with van der Waals surface area (Å²) in [7, 11) is 0. The van der Waals surface area contributed by atoms with E-state index in [9.17, 15) is 0 Å². The molecule has 0 aliphatic heterocycles. The number of hydrogen-bond acceptors (Lipinski definition) is 1. The lowest BCUT2D eigenvalue weighted by atomic mass is 9.48. The lowest BCUT2D eigenvalue weighted by molar-refractivity contribution is -0.00522. The maximum Gasteiger partial charge on any atom is 0.0491 e. The first-order valence-corrected chi connectivity index (χ1v) is 21.0. The molecule has 0 spiro atoms. The van der Waals surface area contributed by atoms with Crippen molar-refractivity contribution in [2.45, 2.75) is 96.3 Å². The van der Waals surface area contributed by atoms with Gasteiger partial charge < -0.3 is 4.90 Å². The highest BCUT2D eigenvalue weighted by Gasteiger charge is 2.52. The molecule has 0 N–H and O–H groups in total. The van der Waals surface area contributed by atoms with Gasteiger partial charge in [-0.3, -0.25) is 0 Å². The van der Waals surface area contributed by atoms with E-state index in [1.165, 1.54) is 122 Å². The van der Waals surface area contributed by atoms with Gasteiger partial charge in [0, 0.05) is 27.9 Å². The first kappa shape index (κ1) is 33.5. The van der Waals surface area contributed by atoms with Crippen LogP contribution in [0.1, 0.15) is 105 Å². The van der Waals surface area contributed by atoms with Crippen LogP contribution in [0.2, 0.25) is 0 Å². The molecule has 0 saturated heterocycles. The van der Waals surface area contributed by atoms with E-state index in [-0.39, 0.29) is 10.8 Å². The monoisotopic (exact) mass is 715 g/mol. The third-order valence-corrected chi connectivity index (χ3v) is 15.2. The molecule has 1 heteroatoms. The molecule has 6 aliphatic rings. The van der Waals surface area contributed by atoms with Gasteiger partial charge in [0.1, 0.15) is 0 Å². The minimum absolute atomic E-state index is 0.0757. The molecule has 4 fully saturated rings. The number of rotatable bonds is 5. The third kappa shape index (κ3) is 4.90. The second-order valence-electron chi connectivity index (χ2n) is 19.4.